The lowest BCUT2D eigenvalue weighted by molar-refractivity contribution is 0.287. The van der Waals surface area contributed by atoms with Gasteiger partial charge < -0.3 is 9.47 Å². The van der Waals surface area contributed by atoms with Crippen molar-refractivity contribution < 1.29 is 9.47 Å². The average molecular weight is 523 g/mol. The molecule has 0 spiro atoms. The molecule has 0 unspecified atom stereocenters. The highest BCUT2D eigenvalue weighted by Crippen LogP contribution is 2.33. The van der Waals surface area contributed by atoms with Gasteiger partial charge in [-0.1, -0.05) is 22.9 Å². The van der Waals surface area contributed by atoms with Crippen LogP contribution in [-0.4, -0.2) is 29.1 Å². The molecule has 6 nitrogen and oxygen atoms in total. The lowest BCUT2D eigenvalue weighted by Gasteiger charge is -2.13. The largest absolute Gasteiger partial charge is 0.490 e. The molecule has 0 N–H and O–H groups in total. The number of rotatable bonds is 7. The van der Waals surface area contributed by atoms with Crippen LogP contribution in [0.5, 0.6) is 11.5 Å². The van der Waals surface area contributed by atoms with Gasteiger partial charge in [0.1, 0.15) is 5.82 Å². The normalized spacial score (nSPS) is 11.3. The highest BCUT2D eigenvalue weighted by Gasteiger charge is 2.12. The minimum Gasteiger partial charge on any atom is -0.490 e. The summed E-state index contributed by atoms with van der Waals surface area (Å²) in [5.74, 6) is 1.87. The Hall–Kier alpha value is -2.19. The molecule has 0 amide bonds. The second kappa shape index (κ2) is 9.54. The first kappa shape index (κ1) is 21.5. The minimum atomic E-state index is -0.212. The van der Waals surface area contributed by atoms with Crippen LogP contribution in [0.25, 0.3) is 10.9 Å². The van der Waals surface area contributed by atoms with Gasteiger partial charge in [-0.05, 0) is 60.1 Å². The molecule has 0 aliphatic heterocycles. The quantitative estimate of drug-likeness (QED) is 0.402. The molecule has 1 heterocycles. The number of hydrogen-bond acceptors (Lipinski definition) is 5. The fourth-order valence-corrected chi connectivity index (χ4v) is 3.63. The number of fused-ring (bicyclic) bond motifs is 1. The van der Waals surface area contributed by atoms with E-state index in [0.717, 1.165) is 14.5 Å². The van der Waals surface area contributed by atoms with Gasteiger partial charge in [0.25, 0.3) is 5.56 Å². The van der Waals surface area contributed by atoms with Crippen LogP contribution in [-0.2, 0) is 6.42 Å². The first-order valence-corrected chi connectivity index (χ1v) is 10.9. The summed E-state index contributed by atoms with van der Waals surface area (Å²) in [6, 6.07) is 9.13. The van der Waals surface area contributed by atoms with Gasteiger partial charge >= 0.3 is 0 Å². The monoisotopic (exact) mass is 521 g/mol. The Morgan fingerprint density at radius 1 is 1.07 bits per heavy atom. The summed E-state index contributed by atoms with van der Waals surface area (Å²) >= 11 is 6.95. The molecule has 3 rings (SSSR count). The maximum absolute atomic E-state index is 13.0. The third-order valence-corrected chi connectivity index (χ3v) is 5.35. The predicted molar refractivity (Wildman–Crippen MR) is 123 cm³/mol. The molecule has 0 bridgehead atoms. The van der Waals surface area contributed by atoms with Crippen LogP contribution >= 0.6 is 31.9 Å². The van der Waals surface area contributed by atoms with E-state index < -0.39 is 0 Å². The van der Waals surface area contributed by atoms with Gasteiger partial charge in [-0.15, -0.1) is 0 Å². The topological polar surface area (TPSA) is 65.7 Å². The molecular formula is C21H21Br2N3O3. The fourth-order valence-electron chi connectivity index (χ4n) is 2.85. The third kappa shape index (κ3) is 4.70. The summed E-state index contributed by atoms with van der Waals surface area (Å²) in [6.45, 7) is 6.83. The zero-order valence-electron chi connectivity index (χ0n) is 16.4. The Kier molecular flexibility index (Phi) is 7.08. The summed E-state index contributed by atoms with van der Waals surface area (Å²) < 4.78 is 14.3. The lowest BCUT2D eigenvalue weighted by atomic mass is 10.2. The number of nitrogens with zero attached hydrogens (tertiary/aromatic N) is 3. The highest BCUT2D eigenvalue weighted by atomic mass is 79.9. The van der Waals surface area contributed by atoms with Crippen molar-refractivity contribution in [3.05, 3.63) is 61.0 Å². The number of benzene rings is 2. The second-order valence-electron chi connectivity index (χ2n) is 6.09. The first-order chi connectivity index (χ1) is 14.0. The summed E-state index contributed by atoms with van der Waals surface area (Å²) in [5, 5.41) is 4.95. The molecule has 1 aromatic heterocycles. The SMILES string of the molecule is CCOc1cc(Br)c(C=Nn2c(CC)nc3ccc(Br)cc3c2=O)cc1OCC. The minimum absolute atomic E-state index is 0.212. The smallest absolute Gasteiger partial charge is 0.282 e. The van der Waals surface area contributed by atoms with Gasteiger partial charge in [0, 0.05) is 20.9 Å². The standard InChI is InChI=1S/C21H21Br2N3O3/c1-4-20-25-17-8-7-14(22)10-15(17)21(27)26(20)24-12-13-9-18(28-5-2)19(29-6-3)11-16(13)23/h7-12H,4-6H2,1-3H3. The van der Waals surface area contributed by atoms with E-state index in [0.29, 0.717) is 47.9 Å². The van der Waals surface area contributed by atoms with Gasteiger partial charge in [0.15, 0.2) is 11.5 Å². The molecular weight excluding hydrogens is 502 g/mol. The van der Waals surface area contributed by atoms with Crippen molar-refractivity contribution >= 4 is 49.0 Å². The van der Waals surface area contributed by atoms with Gasteiger partial charge in [0.2, 0.25) is 0 Å². The molecule has 29 heavy (non-hydrogen) atoms. The van der Waals surface area contributed by atoms with Crippen LogP contribution in [0.4, 0.5) is 0 Å². The van der Waals surface area contributed by atoms with Gasteiger partial charge in [-0.2, -0.15) is 9.78 Å². The van der Waals surface area contributed by atoms with E-state index in [4.69, 9.17) is 9.47 Å². The van der Waals surface area contributed by atoms with Crippen LogP contribution in [0, 0.1) is 0 Å². The van der Waals surface area contributed by atoms with Crippen LogP contribution in [0.15, 0.2) is 49.2 Å². The molecule has 3 aromatic rings. The number of hydrogen-bond donors (Lipinski definition) is 0. The van der Waals surface area contributed by atoms with E-state index in [9.17, 15) is 4.79 Å². The summed E-state index contributed by atoms with van der Waals surface area (Å²) in [7, 11) is 0. The Bertz CT molecular complexity index is 1130. The number of aryl methyl sites for hydroxylation is 1. The molecule has 8 heteroatoms. The molecule has 0 aliphatic rings. The van der Waals surface area contributed by atoms with Crippen molar-refractivity contribution in [2.75, 3.05) is 13.2 Å². The number of halogens is 2. The zero-order chi connectivity index (χ0) is 21.0. The van der Waals surface area contributed by atoms with Crippen molar-refractivity contribution in [1.82, 2.24) is 9.66 Å². The third-order valence-electron chi connectivity index (χ3n) is 4.17. The van der Waals surface area contributed by atoms with E-state index in [1.165, 1.54) is 4.68 Å². The van der Waals surface area contributed by atoms with Gasteiger partial charge in [-0.3, -0.25) is 4.79 Å². The Morgan fingerprint density at radius 3 is 2.41 bits per heavy atom. The maximum Gasteiger partial charge on any atom is 0.282 e. The number of aromatic nitrogens is 2. The van der Waals surface area contributed by atoms with E-state index in [2.05, 4.69) is 41.9 Å². The van der Waals surface area contributed by atoms with E-state index in [-0.39, 0.29) is 5.56 Å². The van der Waals surface area contributed by atoms with Crippen molar-refractivity contribution in [2.24, 2.45) is 5.10 Å². The molecule has 152 valence electrons. The highest BCUT2D eigenvalue weighted by molar-refractivity contribution is 9.10. The Labute approximate surface area is 185 Å². The van der Waals surface area contributed by atoms with E-state index >= 15 is 0 Å². The van der Waals surface area contributed by atoms with Gasteiger partial charge in [-0.25, -0.2) is 4.98 Å². The molecule has 0 atom stereocenters. The Morgan fingerprint density at radius 2 is 1.76 bits per heavy atom. The second-order valence-corrected chi connectivity index (χ2v) is 7.86. The molecule has 0 saturated heterocycles. The predicted octanol–water partition coefficient (Wildman–Crippen LogP) is 5.16. The van der Waals surface area contributed by atoms with Crippen LogP contribution in [0.3, 0.4) is 0 Å². The molecule has 0 saturated carbocycles. The lowest BCUT2D eigenvalue weighted by Crippen LogP contribution is -2.22. The fraction of sp³-hybridized carbons (Fsp3) is 0.286. The first-order valence-electron chi connectivity index (χ1n) is 9.33. The van der Waals surface area contributed by atoms with Crippen molar-refractivity contribution in [2.45, 2.75) is 27.2 Å². The van der Waals surface area contributed by atoms with Gasteiger partial charge in [0.05, 0.1) is 30.3 Å². The summed E-state index contributed by atoms with van der Waals surface area (Å²) in [6.07, 6.45) is 2.20. The molecule has 0 aliphatic carbocycles. The van der Waals surface area contributed by atoms with Crippen molar-refractivity contribution in [1.29, 1.82) is 0 Å². The van der Waals surface area contributed by atoms with Crippen molar-refractivity contribution in [3.63, 3.8) is 0 Å². The van der Waals surface area contributed by atoms with Crippen LogP contribution < -0.4 is 15.0 Å². The summed E-state index contributed by atoms with van der Waals surface area (Å²) in [5.41, 5.74) is 1.21. The van der Waals surface area contributed by atoms with E-state index in [1.807, 2.05) is 45.0 Å². The molecule has 2 aromatic carbocycles. The molecule has 0 radical (unpaired) electrons. The van der Waals surface area contributed by atoms with E-state index in [1.54, 1.807) is 12.3 Å². The maximum atomic E-state index is 13.0. The average Bonchev–Trinajstić information content (AvgIpc) is 2.70. The van der Waals surface area contributed by atoms with Crippen molar-refractivity contribution in [3.8, 4) is 11.5 Å². The molecule has 0 fully saturated rings. The van der Waals surface area contributed by atoms with Crippen LogP contribution in [0.2, 0.25) is 0 Å². The summed E-state index contributed by atoms with van der Waals surface area (Å²) in [4.78, 5) is 17.6. The zero-order valence-corrected chi connectivity index (χ0v) is 19.6. The van der Waals surface area contributed by atoms with Crippen LogP contribution in [0.1, 0.15) is 32.2 Å². The Balaban J connectivity index is 2.10. The number of ether oxygens (including phenoxy) is 2.